The van der Waals surface area contributed by atoms with Gasteiger partial charge in [-0.25, -0.2) is 20.8 Å². The van der Waals surface area contributed by atoms with Crippen LogP contribution in [0.3, 0.4) is 0 Å². The van der Waals surface area contributed by atoms with Crippen LogP contribution < -0.4 is 5.90 Å². The van der Waals surface area contributed by atoms with E-state index in [1.54, 1.807) is 18.5 Å². The van der Waals surface area contributed by atoms with Gasteiger partial charge in [0.1, 0.15) is 12.3 Å². The minimum Gasteiger partial charge on any atom is -0.298 e. The molecule has 0 saturated carbocycles. The molecule has 5 heteroatoms. The van der Waals surface area contributed by atoms with Crippen molar-refractivity contribution in [1.29, 1.82) is 0 Å². The second-order valence-corrected chi connectivity index (χ2v) is 2.90. The molecule has 15 heavy (non-hydrogen) atoms. The molecule has 2 rings (SSSR count). The zero-order chi connectivity index (χ0) is 10.5. The fourth-order valence-electron chi connectivity index (χ4n) is 1.20. The van der Waals surface area contributed by atoms with E-state index in [4.69, 9.17) is 5.90 Å². The summed E-state index contributed by atoms with van der Waals surface area (Å²) < 4.78 is 0. The number of aromatic nitrogens is 3. The van der Waals surface area contributed by atoms with Crippen molar-refractivity contribution in [1.82, 2.24) is 15.0 Å². The summed E-state index contributed by atoms with van der Waals surface area (Å²) in [7, 11) is 0. The summed E-state index contributed by atoms with van der Waals surface area (Å²) in [6.07, 6.45) is 3.35. The van der Waals surface area contributed by atoms with Crippen LogP contribution in [0.4, 0.5) is 0 Å². The van der Waals surface area contributed by atoms with Gasteiger partial charge in [0.2, 0.25) is 0 Å². The van der Waals surface area contributed by atoms with Crippen molar-refractivity contribution in [3.63, 3.8) is 0 Å². The summed E-state index contributed by atoms with van der Waals surface area (Å²) in [6.45, 7) is 0.278. The molecule has 0 amide bonds. The first-order chi connectivity index (χ1) is 7.40. The Hall–Kier alpha value is -1.85. The Balaban J connectivity index is 2.33. The Morgan fingerprint density at radius 3 is 2.67 bits per heavy atom. The molecule has 0 unspecified atom stereocenters. The maximum absolute atomic E-state index is 4.98. The highest BCUT2D eigenvalue weighted by Crippen LogP contribution is 2.11. The Morgan fingerprint density at radius 1 is 1.13 bits per heavy atom. The van der Waals surface area contributed by atoms with Gasteiger partial charge < -0.3 is 0 Å². The molecule has 0 aliphatic heterocycles. The van der Waals surface area contributed by atoms with Crippen molar-refractivity contribution >= 4 is 0 Å². The Bertz CT molecular complexity index is 432. The van der Waals surface area contributed by atoms with Crippen LogP contribution >= 0.6 is 0 Å². The first kappa shape index (κ1) is 9.70. The highest BCUT2D eigenvalue weighted by Gasteiger charge is 2.02. The third-order valence-electron chi connectivity index (χ3n) is 1.83. The van der Waals surface area contributed by atoms with Gasteiger partial charge in [0, 0.05) is 12.4 Å². The van der Waals surface area contributed by atoms with Gasteiger partial charge in [-0.2, -0.15) is 0 Å². The molecule has 76 valence electrons. The predicted molar refractivity (Wildman–Crippen MR) is 54.2 cm³/mol. The van der Waals surface area contributed by atoms with Crippen LogP contribution in [0.5, 0.6) is 0 Å². The van der Waals surface area contributed by atoms with E-state index < -0.39 is 0 Å². The minimum absolute atomic E-state index is 0.278. The summed E-state index contributed by atoms with van der Waals surface area (Å²) in [5, 5.41) is 0. The van der Waals surface area contributed by atoms with Gasteiger partial charge in [-0.05, 0) is 18.2 Å². The molecule has 2 N–H and O–H groups in total. The summed E-state index contributed by atoms with van der Waals surface area (Å²) in [4.78, 5) is 17.0. The van der Waals surface area contributed by atoms with Gasteiger partial charge in [0.15, 0.2) is 5.82 Å². The number of nitrogens with two attached hydrogens (primary N) is 1. The fourth-order valence-corrected chi connectivity index (χ4v) is 1.20. The van der Waals surface area contributed by atoms with Crippen molar-refractivity contribution < 1.29 is 4.84 Å². The third-order valence-corrected chi connectivity index (χ3v) is 1.83. The lowest BCUT2D eigenvalue weighted by Gasteiger charge is -2.01. The van der Waals surface area contributed by atoms with Gasteiger partial charge in [0.25, 0.3) is 0 Å². The smallest absolute Gasteiger partial charge is 0.178 e. The molecule has 0 aromatic carbocycles. The molecular formula is C10H10N4O. The standard InChI is InChI=1S/C10H10N4O/c11-15-7-8-3-1-4-9(14-8)10-12-5-2-6-13-10/h1-6H,7,11H2. The van der Waals surface area contributed by atoms with Crippen LogP contribution in [0.25, 0.3) is 11.5 Å². The lowest BCUT2D eigenvalue weighted by molar-refractivity contribution is 0.121. The zero-order valence-corrected chi connectivity index (χ0v) is 8.00. The number of hydrogen-bond acceptors (Lipinski definition) is 5. The largest absolute Gasteiger partial charge is 0.298 e. The van der Waals surface area contributed by atoms with Crippen molar-refractivity contribution in [3.8, 4) is 11.5 Å². The van der Waals surface area contributed by atoms with Crippen LogP contribution in [0.1, 0.15) is 5.69 Å². The number of rotatable bonds is 3. The summed E-state index contributed by atoms with van der Waals surface area (Å²) in [6, 6.07) is 7.30. The van der Waals surface area contributed by atoms with E-state index >= 15 is 0 Å². The van der Waals surface area contributed by atoms with Crippen molar-refractivity contribution in [3.05, 3.63) is 42.4 Å². The third kappa shape index (κ3) is 2.34. The molecular weight excluding hydrogens is 192 g/mol. The lowest BCUT2D eigenvalue weighted by atomic mass is 10.3. The first-order valence-corrected chi connectivity index (χ1v) is 4.45. The summed E-state index contributed by atoms with van der Waals surface area (Å²) in [5.41, 5.74) is 1.47. The molecule has 0 spiro atoms. The SMILES string of the molecule is NOCc1cccc(-c2ncccn2)n1. The number of hydrogen-bond donors (Lipinski definition) is 1. The average Bonchev–Trinajstić information content (AvgIpc) is 2.31. The van der Waals surface area contributed by atoms with Crippen molar-refractivity contribution in [2.45, 2.75) is 6.61 Å². The normalized spacial score (nSPS) is 10.2. The van der Waals surface area contributed by atoms with Gasteiger partial charge >= 0.3 is 0 Å². The summed E-state index contributed by atoms with van der Waals surface area (Å²) in [5.74, 6) is 5.57. The number of pyridine rings is 1. The molecule has 0 fully saturated rings. The molecule has 2 aromatic rings. The highest BCUT2D eigenvalue weighted by molar-refractivity contribution is 5.48. The topological polar surface area (TPSA) is 73.9 Å². The molecule has 0 atom stereocenters. The highest BCUT2D eigenvalue weighted by atomic mass is 16.6. The summed E-state index contributed by atoms with van der Waals surface area (Å²) >= 11 is 0. The molecule has 0 aliphatic rings. The first-order valence-electron chi connectivity index (χ1n) is 4.45. The van der Waals surface area contributed by atoms with Crippen molar-refractivity contribution in [2.24, 2.45) is 5.90 Å². The van der Waals surface area contributed by atoms with Crippen LogP contribution in [0, 0.1) is 0 Å². The van der Waals surface area contributed by atoms with Crippen LogP contribution in [-0.2, 0) is 11.4 Å². The molecule has 2 aromatic heterocycles. The van der Waals surface area contributed by atoms with E-state index in [0.29, 0.717) is 11.5 Å². The predicted octanol–water partition coefficient (Wildman–Crippen LogP) is 0.929. The van der Waals surface area contributed by atoms with Crippen molar-refractivity contribution in [2.75, 3.05) is 0 Å². The van der Waals surface area contributed by atoms with E-state index in [9.17, 15) is 0 Å². The molecule has 0 bridgehead atoms. The fraction of sp³-hybridized carbons (Fsp3) is 0.100. The van der Waals surface area contributed by atoms with Gasteiger partial charge in [-0.3, -0.25) is 4.84 Å². The monoisotopic (exact) mass is 202 g/mol. The molecule has 0 aliphatic carbocycles. The lowest BCUT2D eigenvalue weighted by Crippen LogP contribution is -2.02. The van der Waals surface area contributed by atoms with E-state index in [0.717, 1.165) is 5.69 Å². The zero-order valence-electron chi connectivity index (χ0n) is 8.00. The molecule has 0 radical (unpaired) electrons. The number of nitrogens with zero attached hydrogens (tertiary/aromatic N) is 3. The molecule has 0 saturated heterocycles. The second kappa shape index (κ2) is 4.59. The Kier molecular flexibility index (Phi) is 2.96. The molecule has 2 heterocycles. The molecule has 5 nitrogen and oxygen atoms in total. The van der Waals surface area contributed by atoms with Crippen LogP contribution in [0.2, 0.25) is 0 Å². The minimum atomic E-state index is 0.278. The van der Waals surface area contributed by atoms with Gasteiger partial charge in [-0.15, -0.1) is 0 Å². The van der Waals surface area contributed by atoms with Gasteiger partial charge in [0.05, 0.1) is 5.69 Å². The van der Waals surface area contributed by atoms with Crippen LogP contribution in [0.15, 0.2) is 36.7 Å². The second-order valence-electron chi connectivity index (χ2n) is 2.90. The van der Waals surface area contributed by atoms with E-state index in [1.807, 2.05) is 18.2 Å². The van der Waals surface area contributed by atoms with E-state index in [1.165, 1.54) is 0 Å². The van der Waals surface area contributed by atoms with Crippen LogP contribution in [-0.4, -0.2) is 15.0 Å². The van der Waals surface area contributed by atoms with E-state index in [-0.39, 0.29) is 6.61 Å². The Labute approximate surface area is 86.9 Å². The van der Waals surface area contributed by atoms with Gasteiger partial charge in [-0.1, -0.05) is 6.07 Å². The quantitative estimate of drug-likeness (QED) is 0.749. The van der Waals surface area contributed by atoms with E-state index in [2.05, 4.69) is 19.8 Å². The maximum Gasteiger partial charge on any atom is 0.178 e. The average molecular weight is 202 g/mol. The Morgan fingerprint density at radius 2 is 1.93 bits per heavy atom. The maximum atomic E-state index is 4.98.